The van der Waals surface area contributed by atoms with Gasteiger partial charge in [0, 0.05) is 23.5 Å². The third-order valence-corrected chi connectivity index (χ3v) is 4.21. The van der Waals surface area contributed by atoms with Gasteiger partial charge in [-0.3, -0.25) is 4.79 Å². The van der Waals surface area contributed by atoms with Crippen molar-refractivity contribution >= 4 is 23.4 Å². The molecule has 6 heteroatoms. The van der Waals surface area contributed by atoms with Crippen LogP contribution in [0.2, 0.25) is 0 Å². The zero-order valence-corrected chi connectivity index (χ0v) is 12.4. The molecule has 0 radical (unpaired) electrons. The van der Waals surface area contributed by atoms with Gasteiger partial charge in [-0.25, -0.2) is 0 Å². The van der Waals surface area contributed by atoms with E-state index in [0.29, 0.717) is 6.54 Å². The van der Waals surface area contributed by atoms with Crippen LogP contribution in [-0.2, 0) is 11.2 Å². The molecule has 1 aromatic rings. The summed E-state index contributed by atoms with van der Waals surface area (Å²) in [4.78, 5) is 13.4. The van der Waals surface area contributed by atoms with Crippen LogP contribution in [-0.4, -0.2) is 24.7 Å². The van der Waals surface area contributed by atoms with E-state index in [2.05, 4.69) is 5.32 Å². The van der Waals surface area contributed by atoms with Gasteiger partial charge in [0.1, 0.15) is 0 Å². The van der Waals surface area contributed by atoms with Gasteiger partial charge in [0.15, 0.2) is 0 Å². The predicted octanol–water partition coefficient (Wildman–Crippen LogP) is 3.66. The van der Waals surface area contributed by atoms with Gasteiger partial charge in [0.2, 0.25) is 5.91 Å². The van der Waals surface area contributed by atoms with Crippen LogP contribution >= 0.6 is 0 Å². The van der Waals surface area contributed by atoms with Crippen molar-refractivity contribution in [3.05, 3.63) is 28.8 Å². The maximum absolute atomic E-state index is 12.8. The van der Waals surface area contributed by atoms with Gasteiger partial charge in [0.05, 0.1) is 18.9 Å². The number of carbonyl (C=O) groups is 1. The molecule has 118 valence electrons. The number of carbonyl (C=O) groups excluding carboxylic acids is 1. The van der Waals surface area contributed by atoms with E-state index >= 15 is 0 Å². The molecule has 0 saturated carbocycles. The van der Waals surface area contributed by atoms with Crippen molar-refractivity contribution in [3.63, 3.8) is 0 Å². The van der Waals surface area contributed by atoms with Crippen molar-refractivity contribution in [1.82, 2.24) is 0 Å². The summed E-state index contributed by atoms with van der Waals surface area (Å²) in [5.74, 6) is -0.0725. The minimum absolute atomic E-state index is 0.0725. The largest absolute Gasteiger partial charge is 0.391 e. The van der Waals surface area contributed by atoms with Gasteiger partial charge >= 0.3 is 6.18 Å². The number of anilines is 2. The minimum atomic E-state index is -4.21. The third-order valence-electron chi connectivity index (χ3n) is 4.21. The molecular weight excluding hydrogens is 293 g/mol. The monoisotopic (exact) mass is 310 g/mol. The summed E-state index contributed by atoms with van der Waals surface area (Å²) in [6, 6.07) is 1.16. The molecule has 22 heavy (non-hydrogen) atoms. The maximum Gasteiger partial charge on any atom is 0.391 e. The first-order valence-electron chi connectivity index (χ1n) is 7.28. The predicted molar refractivity (Wildman–Crippen MR) is 80.0 cm³/mol. The molecular formula is C16H17F3N2O. The number of rotatable bonds is 2. The average Bonchev–Trinajstić information content (AvgIpc) is 2.77. The Balaban J connectivity index is 2.08. The fourth-order valence-corrected chi connectivity index (χ4v) is 3.38. The standard InChI is InChI=1S/C16H17F3N2O/c1-3-21-10(8-16(17,18)19)4-5-11-12-7-14(22)20-13(12)6-9(2)15(11)21/h4-6,10H,3,7-8H2,1-2H3,(H,20,22). The molecule has 1 N–H and O–H groups in total. The number of benzene rings is 1. The summed E-state index contributed by atoms with van der Waals surface area (Å²) in [5.41, 5.74) is 4.22. The number of alkyl halides is 3. The number of aryl methyl sites for hydroxylation is 1. The molecule has 1 amide bonds. The second kappa shape index (κ2) is 5.04. The van der Waals surface area contributed by atoms with Crippen molar-refractivity contribution in [1.29, 1.82) is 0 Å². The molecule has 0 aromatic heterocycles. The zero-order valence-electron chi connectivity index (χ0n) is 12.4. The summed E-state index contributed by atoms with van der Waals surface area (Å²) in [5, 5.41) is 2.80. The second-order valence-corrected chi connectivity index (χ2v) is 5.74. The molecule has 0 saturated heterocycles. The Hall–Kier alpha value is -1.98. The van der Waals surface area contributed by atoms with Crippen LogP contribution in [0.15, 0.2) is 12.1 Å². The highest BCUT2D eigenvalue weighted by Crippen LogP contribution is 2.42. The quantitative estimate of drug-likeness (QED) is 0.904. The van der Waals surface area contributed by atoms with Gasteiger partial charge < -0.3 is 10.2 Å². The number of halogens is 3. The van der Waals surface area contributed by atoms with Crippen molar-refractivity contribution in [2.45, 2.75) is 38.9 Å². The van der Waals surface area contributed by atoms with Crippen molar-refractivity contribution in [2.24, 2.45) is 0 Å². The Morgan fingerprint density at radius 1 is 1.41 bits per heavy atom. The SMILES string of the molecule is CCN1c2c(C)cc3c(c2C=CC1CC(F)(F)F)CC(=O)N3. The Labute approximate surface area is 126 Å². The van der Waals surface area contributed by atoms with E-state index < -0.39 is 18.6 Å². The summed E-state index contributed by atoms with van der Waals surface area (Å²) < 4.78 is 38.3. The molecule has 1 unspecified atom stereocenters. The number of hydrogen-bond donors (Lipinski definition) is 1. The van der Waals surface area contributed by atoms with E-state index in [4.69, 9.17) is 0 Å². The lowest BCUT2D eigenvalue weighted by atomic mass is 9.92. The number of nitrogens with one attached hydrogen (secondary N) is 1. The molecule has 0 bridgehead atoms. The first-order valence-corrected chi connectivity index (χ1v) is 7.28. The van der Waals surface area contributed by atoms with Gasteiger partial charge in [-0.15, -0.1) is 0 Å². The molecule has 2 aliphatic rings. The highest BCUT2D eigenvalue weighted by molar-refractivity contribution is 6.02. The van der Waals surface area contributed by atoms with E-state index in [1.807, 2.05) is 19.9 Å². The molecule has 3 nitrogen and oxygen atoms in total. The number of likely N-dealkylation sites (N-methyl/N-ethyl adjacent to an activating group) is 1. The number of fused-ring (bicyclic) bond motifs is 3. The van der Waals surface area contributed by atoms with Gasteiger partial charge in [-0.05, 0) is 31.0 Å². The first kappa shape index (κ1) is 14.9. The fourth-order valence-electron chi connectivity index (χ4n) is 3.38. The minimum Gasteiger partial charge on any atom is -0.364 e. The van der Waals surface area contributed by atoms with Crippen LogP contribution in [0, 0.1) is 6.92 Å². The second-order valence-electron chi connectivity index (χ2n) is 5.74. The molecule has 2 heterocycles. The van der Waals surface area contributed by atoms with E-state index in [1.165, 1.54) is 0 Å². The molecule has 0 spiro atoms. The zero-order chi connectivity index (χ0) is 16.1. The first-order chi connectivity index (χ1) is 10.3. The highest BCUT2D eigenvalue weighted by Gasteiger charge is 2.36. The van der Waals surface area contributed by atoms with Crippen molar-refractivity contribution < 1.29 is 18.0 Å². The maximum atomic E-state index is 12.8. The lowest BCUT2D eigenvalue weighted by Gasteiger charge is -2.37. The van der Waals surface area contributed by atoms with Gasteiger partial charge in [0.25, 0.3) is 0 Å². The van der Waals surface area contributed by atoms with E-state index in [-0.39, 0.29) is 12.3 Å². The Kier molecular flexibility index (Phi) is 3.42. The van der Waals surface area contributed by atoms with E-state index in [0.717, 1.165) is 28.1 Å². The van der Waals surface area contributed by atoms with Crippen molar-refractivity contribution in [3.8, 4) is 0 Å². The van der Waals surface area contributed by atoms with Gasteiger partial charge in [-0.2, -0.15) is 13.2 Å². The van der Waals surface area contributed by atoms with Crippen molar-refractivity contribution in [2.75, 3.05) is 16.8 Å². The summed E-state index contributed by atoms with van der Waals surface area (Å²) >= 11 is 0. The Morgan fingerprint density at radius 3 is 2.77 bits per heavy atom. The summed E-state index contributed by atoms with van der Waals surface area (Å²) in [6.45, 7) is 4.21. The molecule has 2 aliphatic heterocycles. The molecule has 0 fully saturated rings. The van der Waals surface area contributed by atoms with Crippen LogP contribution in [0.25, 0.3) is 6.08 Å². The van der Waals surface area contributed by atoms with Crippen LogP contribution in [0.4, 0.5) is 24.5 Å². The van der Waals surface area contributed by atoms with Crippen LogP contribution in [0.1, 0.15) is 30.0 Å². The van der Waals surface area contributed by atoms with Crippen LogP contribution < -0.4 is 10.2 Å². The highest BCUT2D eigenvalue weighted by atomic mass is 19.4. The summed E-state index contributed by atoms with van der Waals surface area (Å²) in [6.07, 6.45) is -1.46. The number of nitrogens with zero attached hydrogens (tertiary/aromatic N) is 1. The number of amides is 1. The Morgan fingerprint density at radius 2 is 2.14 bits per heavy atom. The lowest BCUT2D eigenvalue weighted by molar-refractivity contribution is -0.136. The Bertz CT molecular complexity index is 664. The summed E-state index contributed by atoms with van der Waals surface area (Å²) in [7, 11) is 0. The average molecular weight is 310 g/mol. The third kappa shape index (κ3) is 2.46. The number of hydrogen-bond acceptors (Lipinski definition) is 2. The molecule has 3 rings (SSSR count). The topological polar surface area (TPSA) is 32.3 Å². The van der Waals surface area contributed by atoms with Crippen LogP contribution in [0.5, 0.6) is 0 Å². The van der Waals surface area contributed by atoms with E-state index in [9.17, 15) is 18.0 Å². The molecule has 1 aromatic carbocycles. The van der Waals surface area contributed by atoms with Crippen LogP contribution in [0.3, 0.4) is 0 Å². The lowest BCUT2D eigenvalue weighted by Crippen LogP contribution is -2.39. The van der Waals surface area contributed by atoms with Gasteiger partial charge in [-0.1, -0.05) is 12.2 Å². The smallest absolute Gasteiger partial charge is 0.364 e. The molecule has 1 atom stereocenters. The molecule has 0 aliphatic carbocycles. The van der Waals surface area contributed by atoms with E-state index in [1.54, 1.807) is 17.1 Å². The fraction of sp³-hybridized carbons (Fsp3) is 0.438. The normalized spacial score (nSPS) is 20.0.